The van der Waals surface area contributed by atoms with Crippen molar-refractivity contribution in [3.05, 3.63) is 48.3 Å². The number of carbonyl (C=O) groups excluding carboxylic acids is 1. The average Bonchev–Trinajstić information content (AvgIpc) is 2.38. The number of carbonyl (C=O) groups is 1. The Bertz CT molecular complexity index is 743. The van der Waals surface area contributed by atoms with Crippen LogP contribution in [0.2, 0.25) is 0 Å². The van der Waals surface area contributed by atoms with Gasteiger partial charge in [0, 0.05) is 17.0 Å². The van der Waals surface area contributed by atoms with Crippen molar-refractivity contribution in [2.75, 3.05) is 0 Å². The standard InChI is InChI=1S/C13H8N2O2.Tb/c16-13(17)10-6-5-9-4-3-8-2-1-7-14-11(8)12(9)15-10;/h1-7H,(H,16,17);/q;+3/p-1. The molecule has 0 aliphatic heterocycles. The fraction of sp³-hybridized carbons (Fsp3) is 0. The number of rotatable bonds is 1. The molecule has 0 amide bonds. The average molecular weight is 382 g/mol. The SMILES string of the molecule is O=C([O-])c1ccc2ccc3cccnc3c2n1.[Tb+3]. The molecule has 2 aromatic heterocycles. The molecule has 3 aromatic rings. The van der Waals surface area contributed by atoms with Crippen LogP contribution in [0, 0.1) is 38.6 Å². The number of carboxylic acids is 1. The maximum Gasteiger partial charge on any atom is 3.00 e. The fourth-order valence-electron chi connectivity index (χ4n) is 1.84. The van der Waals surface area contributed by atoms with Crippen LogP contribution in [0.25, 0.3) is 21.8 Å². The van der Waals surface area contributed by atoms with Crippen molar-refractivity contribution < 1.29 is 48.5 Å². The van der Waals surface area contributed by atoms with E-state index in [9.17, 15) is 9.90 Å². The second-order valence-electron chi connectivity index (χ2n) is 3.70. The molecule has 0 radical (unpaired) electrons. The monoisotopic (exact) mass is 382 g/mol. The quantitative estimate of drug-likeness (QED) is 0.593. The van der Waals surface area contributed by atoms with Crippen LogP contribution < -0.4 is 5.11 Å². The Hall–Kier alpha value is -1.20. The van der Waals surface area contributed by atoms with E-state index in [4.69, 9.17) is 0 Å². The smallest absolute Gasteiger partial charge is 0.543 e. The van der Waals surface area contributed by atoms with Crippen molar-refractivity contribution in [2.24, 2.45) is 0 Å². The van der Waals surface area contributed by atoms with E-state index in [2.05, 4.69) is 9.97 Å². The summed E-state index contributed by atoms with van der Waals surface area (Å²) in [5, 5.41) is 12.6. The van der Waals surface area contributed by atoms with Gasteiger partial charge in [-0.15, -0.1) is 0 Å². The molecule has 88 valence electrons. The molecule has 1 aromatic carbocycles. The Kier molecular flexibility index (Phi) is 3.82. The van der Waals surface area contributed by atoms with Crippen molar-refractivity contribution in [1.29, 1.82) is 0 Å². The van der Waals surface area contributed by atoms with Crippen LogP contribution in [-0.2, 0) is 0 Å². The first-order chi connectivity index (χ1) is 8.25. The maximum absolute atomic E-state index is 10.8. The van der Waals surface area contributed by atoms with Crippen LogP contribution >= 0.6 is 0 Å². The molecule has 4 nitrogen and oxygen atoms in total. The number of benzene rings is 1. The maximum atomic E-state index is 10.8. The minimum Gasteiger partial charge on any atom is -0.543 e. The number of aromatic nitrogens is 2. The normalized spacial score (nSPS) is 10.2. The number of hydrogen-bond acceptors (Lipinski definition) is 4. The number of hydrogen-bond donors (Lipinski definition) is 0. The predicted octanol–water partition coefficient (Wildman–Crippen LogP) is 1.15. The van der Waals surface area contributed by atoms with Crippen LogP contribution in [0.15, 0.2) is 42.6 Å². The number of nitrogens with zero attached hydrogens (tertiary/aromatic N) is 2. The number of pyridine rings is 2. The van der Waals surface area contributed by atoms with Gasteiger partial charge in [0.15, 0.2) is 0 Å². The van der Waals surface area contributed by atoms with Crippen LogP contribution in [0.5, 0.6) is 0 Å². The molecule has 0 unspecified atom stereocenters. The molecule has 0 N–H and O–H groups in total. The summed E-state index contributed by atoms with van der Waals surface area (Å²) in [5.74, 6) is -1.28. The summed E-state index contributed by atoms with van der Waals surface area (Å²) in [6.45, 7) is 0. The van der Waals surface area contributed by atoms with Gasteiger partial charge < -0.3 is 9.90 Å². The van der Waals surface area contributed by atoms with Crippen LogP contribution in [0.3, 0.4) is 0 Å². The third-order valence-corrected chi connectivity index (χ3v) is 2.64. The fourth-order valence-corrected chi connectivity index (χ4v) is 1.84. The Morgan fingerprint density at radius 1 is 1.00 bits per heavy atom. The summed E-state index contributed by atoms with van der Waals surface area (Å²) < 4.78 is 0. The number of fused-ring (bicyclic) bond motifs is 3. The molecule has 5 heteroatoms. The van der Waals surface area contributed by atoms with Gasteiger partial charge in [0.05, 0.1) is 22.7 Å². The van der Waals surface area contributed by atoms with E-state index in [0.29, 0.717) is 11.0 Å². The van der Waals surface area contributed by atoms with E-state index >= 15 is 0 Å². The summed E-state index contributed by atoms with van der Waals surface area (Å²) in [6.07, 6.45) is 1.66. The molecule has 0 atom stereocenters. The first-order valence-electron chi connectivity index (χ1n) is 5.11. The molecule has 0 fully saturated rings. The van der Waals surface area contributed by atoms with Gasteiger partial charge in [-0.3, -0.25) is 4.98 Å². The van der Waals surface area contributed by atoms with Crippen LogP contribution in [-0.4, -0.2) is 15.9 Å². The van der Waals surface area contributed by atoms with Gasteiger partial charge in [-0.05, 0) is 12.1 Å². The molecule has 0 aliphatic rings. The molecular weight excluding hydrogens is 375 g/mol. The summed E-state index contributed by atoms with van der Waals surface area (Å²) in [7, 11) is 0. The van der Waals surface area contributed by atoms with Gasteiger partial charge in [0.1, 0.15) is 0 Å². The minimum atomic E-state index is -1.28. The van der Waals surface area contributed by atoms with Gasteiger partial charge in [-0.1, -0.05) is 24.3 Å². The van der Waals surface area contributed by atoms with Crippen molar-refractivity contribution in [3.8, 4) is 0 Å². The van der Waals surface area contributed by atoms with E-state index in [0.717, 1.165) is 10.8 Å². The largest absolute Gasteiger partial charge is 3.00 e. The Morgan fingerprint density at radius 2 is 1.67 bits per heavy atom. The van der Waals surface area contributed by atoms with Crippen molar-refractivity contribution >= 4 is 27.8 Å². The second kappa shape index (κ2) is 5.20. The van der Waals surface area contributed by atoms with Gasteiger partial charge in [-0.2, -0.15) is 0 Å². The first-order valence-corrected chi connectivity index (χ1v) is 5.11. The Morgan fingerprint density at radius 3 is 2.39 bits per heavy atom. The Balaban J connectivity index is 0.00000120. The molecule has 0 bridgehead atoms. The van der Waals surface area contributed by atoms with E-state index < -0.39 is 5.97 Å². The molecule has 2 heterocycles. The molecular formula is C13H7N2O2Tb+2. The second-order valence-corrected chi connectivity index (χ2v) is 3.70. The predicted molar refractivity (Wildman–Crippen MR) is 61.4 cm³/mol. The third kappa shape index (κ3) is 2.20. The molecule has 18 heavy (non-hydrogen) atoms. The zero-order valence-corrected chi connectivity index (χ0v) is 11.2. The van der Waals surface area contributed by atoms with E-state index in [1.807, 2.05) is 24.3 Å². The third-order valence-electron chi connectivity index (χ3n) is 2.64. The van der Waals surface area contributed by atoms with Crippen molar-refractivity contribution in [2.45, 2.75) is 0 Å². The van der Waals surface area contributed by atoms with E-state index in [1.165, 1.54) is 6.07 Å². The zero-order valence-electron chi connectivity index (χ0n) is 9.09. The first kappa shape index (κ1) is 13.2. The summed E-state index contributed by atoms with van der Waals surface area (Å²) in [5.41, 5.74) is 1.22. The van der Waals surface area contributed by atoms with Gasteiger partial charge >= 0.3 is 38.6 Å². The van der Waals surface area contributed by atoms with Crippen LogP contribution in [0.1, 0.15) is 10.5 Å². The number of aromatic carboxylic acids is 1. The van der Waals surface area contributed by atoms with Crippen molar-refractivity contribution in [3.63, 3.8) is 0 Å². The van der Waals surface area contributed by atoms with Gasteiger partial charge in [0.25, 0.3) is 0 Å². The summed E-state index contributed by atoms with van der Waals surface area (Å²) >= 11 is 0. The van der Waals surface area contributed by atoms with Gasteiger partial charge in [-0.25, -0.2) is 4.98 Å². The molecule has 0 spiro atoms. The van der Waals surface area contributed by atoms with E-state index in [1.54, 1.807) is 12.3 Å². The van der Waals surface area contributed by atoms with Gasteiger partial charge in [0.2, 0.25) is 0 Å². The molecule has 0 saturated heterocycles. The molecule has 3 rings (SSSR count). The summed E-state index contributed by atoms with van der Waals surface area (Å²) in [4.78, 5) is 19.1. The zero-order chi connectivity index (χ0) is 11.8. The molecule has 0 aliphatic carbocycles. The molecule has 0 saturated carbocycles. The van der Waals surface area contributed by atoms with E-state index in [-0.39, 0.29) is 44.3 Å². The van der Waals surface area contributed by atoms with Crippen molar-refractivity contribution in [1.82, 2.24) is 9.97 Å². The topological polar surface area (TPSA) is 65.9 Å². The Labute approximate surface area is 133 Å². The minimum absolute atomic E-state index is 0. The van der Waals surface area contributed by atoms with Crippen LogP contribution in [0.4, 0.5) is 0 Å². The number of carboxylic acid groups (broad SMARTS) is 1. The summed E-state index contributed by atoms with van der Waals surface area (Å²) in [6, 6.07) is 10.7.